The number of benzene rings is 1. The molecule has 0 fully saturated rings. The number of halogens is 2. The molecule has 0 aliphatic rings. The van der Waals surface area contributed by atoms with Gasteiger partial charge in [0.15, 0.2) is 0 Å². The summed E-state index contributed by atoms with van der Waals surface area (Å²) in [6.07, 6.45) is 1.63. The quantitative estimate of drug-likeness (QED) is 0.899. The molecule has 21 heavy (non-hydrogen) atoms. The van der Waals surface area contributed by atoms with E-state index in [-0.39, 0.29) is 6.04 Å². The monoisotopic (exact) mass is 327 g/mol. The number of nitrogens with two attached hydrogens (primary N) is 1. The zero-order chi connectivity index (χ0) is 15.6. The van der Waals surface area contributed by atoms with Crippen molar-refractivity contribution in [2.24, 2.45) is 12.8 Å². The SMILES string of the molecule is CCC(N)Cc1c(C)nn(C)c1Oc1ccc(Cl)c(Cl)c1. The van der Waals surface area contributed by atoms with E-state index in [9.17, 15) is 0 Å². The minimum absolute atomic E-state index is 0.0871. The topological polar surface area (TPSA) is 53.1 Å². The predicted molar refractivity (Wildman–Crippen MR) is 86.5 cm³/mol. The number of nitrogens with zero attached hydrogens (tertiary/aromatic N) is 2. The van der Waals surface area contributed by atoms with Crippen LogP contribution in [0.4, 0.5) is 0 Å². The molecule has 0 radical (unpaired) electrons. The molecule has 2 N–H and O–H groups in total. The molecular formula is C15H19Cl2N3O. The Morgan fingerprint density at radius 3 is 2.67 bits per heavy atom. The van der Waals surface area contributed by atoms with Gasteiger partial charge in [0.25, 0.3) is 0 Å². The van der Waals surface area contributed by atoms with Gasteiger partial charge in [-0.3, -0.25) is 0 Å². The lowest BCUT2D eigenvalue weighted by Crippen LogP contribution is -2.21. The Hall–Kier alpha value is -1.23. The number of rotatable bonds is 5. The molecule has 0 aliphatic heterocycles. The molecule has 1 heterocycles. The highest BCUT2D eigenvalue weighted by atomic mass is 35.5. The van der Waals surface area contributed by atoms with Gasteiger partial charge < -0.3 is 10.5 Å². The summed E-state index contributed by atoms with van der Waals surface area (Å²) in [5.74, 6) is 1.31. The first-order valence-corrected chi connectivity index (χ1v) is 7.59. The molecule has 0 amide bonds. The van der Waals surface area contributed by atoms with Gasteiger partial charge in [-0.2, -0.15) is 5.10 Å². The maximum atomic E-state index is 6.06. The highest BCUT2D eigenvalue weighted by molar-refractivity contribution is 6.42. The predicted octanol–water partition coefficient (Wildman–Crippen LogP) is 4.11. The molecule has 2 aromatic rings. The van der Waals surface area contributed by atoms with Crippen LogP contribution in [0, 0.1) is 6.92 Å². The molecule has 1 unspecified atom stereocenters. The second kappa shape index (κ2) is 6.69. The average Bonchev–Trinajstić information content (AvgIpc) is 2.69. The van der Waals surface area contributed by atoms with E-state index in [1.54, 1.807) is 22.9 Å². The summed E-state index contributed by atoms with van der Waals surface area (Å²) in [5, 5.41) is 5.37. The van der Waals surface area contributed by atoms with Crippen LogP contribution in [0.15, 0.2) is 18.2 Å². The minimum atomic E-state index is 0.0871. The summed E-state index contributed by atoms with van der Waals surface area (Å²) in [4.78, 5) is 0. The van der Waals surface area contributed by atoms with Gasteiger partial charge in [-0.25, -0.2) is 4.68 Å². The third-order valence-electron chi connectivity index (χ3n) is 3.39. The van der Waals surface area contributed by atoms with Crippen LogP contribution in [0.5, 0.6) is 11.6 Å². The third kappa shape index (κ3) is 3.70. The number of aromatic nitrogens is 2. The van der Waals surface area contributed by atoms with Crippen molar-refractivity contribution in [3.05, 3.63) is 39.5 Å². The first kappa shape index (κ1) is 16.1. The second-order valence-electron chi connectivity index (χ2n) is 5.04. The number of aryl methyl sites for hydroxylation is 2. The first-order chi connectivity index (χ1) is 9.92. The van der Waals surface area contributed by atoms with E-state index >= 15 is 0 Å². The van der Waals surface area contributed by atoms with Crippen LogP contribution in [0.3, 0.4) is 0 Å². The smallest absolute Gasteiger partial charge is 0.221 e. The molecule has 2 rings (SSSR count). The second-order valence-corrected chi connectivity index (χ2v) is 5.86. The van der Waals surface area contributed by atoms with Crippen LogP contribution in [0.25, 0.3) is 0 Å². The Morgan fingerprint density at radius 2 is 2.05 bits per heavy atom. The van der Waals surface area contributed by atoms with Gasteiger partial charge in [-0.15, -0.1) is 0 Å². The summed E-state index contributed by atoms with van der Waals surface area (Å²) in [7, 11) is 1.85. The molecule has 0 saturated heterocycles. The van der Waals surface area contributed by atoms with Gasteiger partial charge in [-0.1, -0.05) is 30.1 Å². The number of hydrogen-bond donors (Lipinski definition) is 1. The molecule has 114 valence electrons. The first-order valence-electron chi connectivity index (χ1n) is 6.83. The molecule has 0 bridgehead atoms. The van der Waals surface area contributed by atoms with Crippen LogP contribution < -0.4 is 10.5 Å². The Balaban J connectivity index is 2.32. The highest BCUT2D eigenvalue weighted by Crippen LogP contribution is 2.32. The molecule has 0 aliphatic carbocycles. The van der Waals surface area contributed by atoms with Crippen molar-refractivity contribution in [3.8, 4) is 11.6 Å². The Kier molecular flexibility index (Phi) is 5.14. The van der Waals surface area contributed by atoms with Crippen molar-refractivity contribution in [3.63, 3.8) is 0 Å². The fraction of sp³-hybridized carbons (Fsp3) is 0.400. The van der Waals surface area contributed by atoms with Crippen molar-refractivity contribution >= 4 is 23.2 Å². The zero-order valence-corrected chi connectivity index (χ0v) is 13.9. The van der Waals surface area contributed by atoms with Gasteiger partial charge in [0.2, 0.25) is 5.88 Å². The molecule has 1 atom stereocenters. The largest absolute Gasteiger partial charge is 0.439 e. The van der Waals surface area contributed by atoms with Crippen LogP contribution in [-0.2, 0) is 13.5 Å². The van der Waals surface area contributed by atoms with E-state index in [1.807, 2.05) is 14.0 Å². The Labute approximate surface area is 134 Å². The van der Waals surface area contributed by atoms with Crippen molar-refractivity contribution in [1.82, 2.24) is 9.78 Å². The van der Waals surface area contributed by atoms with Gasteiger partial charge >= 0.3 is 0 Å². The van der Waals surface area contributed by atoms with E-state index in [0.29, 0.717) is 21.7 Å². The lowest BCUT2D eigenvalue weighted by molar-refractivity contribution is 0.423. The Bertz CT molecular complexity index is 640. The lowest BCUT2D eigenvalue weighted by atomic mass is 10.1. The summed E-state index contributed by atoms with van der Waals surface area (Å²) in [6.45, 7) is 4.02. The van der Waals surface area contributed by atoms with Crippen LogP contribution in [0.2, 0.25) is 10.0 Å². The number of ether oxygens (including phenoxy) is 1. The van der Waals surface area contributed by atoms with E-state index in [0.717, 1.165) is 24.1 Å². The summed E-state index contributed by atoms with van der Waals surface area (Å²) in [5.41, 5.74) is 8.01. The van der Waals surface area contributed by atoms with E-state index in [1.165, 1.54) is 0 Å². The van der Waals surface area contributed by atoms with E-state index in [2.05, 4.69) is 12.0 Å². The maximum Gasteiger partial charge on any atom is 0.221 e. The third-order valence-corrected chi connectivity index (χ3v) is 4.12. The van der Waals surface area contributed by atoms with Crippen LogP contribution in [0.1, 0.15) is 24.6 Å². The molecule has 1 aromatic carbocycles. The zero-order valence-electron chi connectivity index (χ0n) is 12.4. The molecule has 0 spiro atoms. The number of hydrogen-bond acceptors (Lipinski definition) is 3. The molecule has 4 nitrogen and oxygen atoms in total. The van der Waals surface area contributed by atoms with Crippen molar-refractivity contribution in [2.75, 3.05) is 0 Å². The normalized spacial score (nSPS) is 12.5. The highest BCUT2D eigenvalue weighted by Gasteiger charge is 2.18. The van der Waals surface area contributed by atoms with Gasteiger partial charge in [0.1, 0.15) is 5.75 Å². The molecule has 0 saturated carbocycles. The standard InChI is InChI=1S/C15H19Cl2N3O/c1-4-10(18)7-12-9(2)19-20(3)15(12)21-11-5-6-13(16)14(17)8-11/h5-6,8,10H,4,7,18H2,1-3H3. The van der Waals surface area contributed by atoms with Crippen molar-refractivity contribution < 1.29 is 4.74 Å². The van der Waals surface area contributed by atoms with E-state index in [4.69, 9.17) is 33.7 Å². The Morgan fingerprint density at radius 1 is 1.33 bits per heavy atom. The maximum absolute atomic E-state index is 6.06. The summed E-state index contributed by atoms with van der Waals surface area (Å²) in [6, 6.07) is 5.26. The molecule has 1 aromatic heterocycles. The van der Waals surface area contributed by atoms with Crippen molar-refractivity contribution in [2.45, 2.75) is 32.7 Å². The molecular weight excluding hydrogens is 309 g/mol. The average molecular weight is 328 g/mol. The summed E-state index contributed by atoms with van der Waals surface area (Å²) >= 11 is 11.9. The van der Waals surface area contributed by atoms with E-state index < -0.39 is 0 Å². The van der Waals surface area contributed by atoms with Crippen LogP contribution >= 0.6 is 23.2 Å². The van der Waals surface area contributed by atoms with Crippen molar-refractivity contribution in [1.29, 1.82) is 0 Å². The van der Waals surface area contributed by atoms with Gasteiger partial charge in [-0.05, 0) is 31.9 Å². The fourth-order valence-corrected chi connectivity index (χ4v) is 2.39. The van der Waals surface area contributed by atoms with Crippen LogP contribution in [-0.4, -0.2) is 15.8 Å². The molecule has 6 heteroatoms. The van der Waals surface area contributed by atoms with Gasteiger partial charge in [0, 0.05) is 24.7 Å². The van der Waals surface area contributed by atoms with Gasteiger partial charge in [0.05, 0.1) is 15.7 Å². The summed E-state index contributed by atoms with van der Waals surface area (Å²) < 4.78 is 7.66. The fourth-order valence-electron chi connectivity index (χ4n) is 2.10. The lowest BCUT2D eigenvalue weighted by Gasteiger charge is -2.12. The minimum Gasteiger partial charge on any atom is -0.439 e.